The number of rotatable bonds is 6. The van der Waals surface area contributed by atoms with Crippen molar-refractivity contribution in [2.75, 3.05) is 5.32 Å². The number of ether oxygens (including phenoxy) is 1. The first kappa shape index (κ1) is 15.3. The average molecular weight is 330 g/mol. The van der Waals surface area contributed by atoms with Crippen molar-refractivity contribution >= 4 is 17.5 Å². The Balaban J connectivity index is 1.68. The van der Waals surface area contributed by atoms with Crippen LogP contribution in [0.2, 0.25) is 5.02 Å². The minimum atomic E-state index is 0.419. The molecule has 0 radical (unpaired) electrons. The molecular weight excluding hydrogens is 314 g/mol. The third-order valence-electron chi connectivity index (χ3n) is 3.37. The number of benzene rings is 2. The van der Waals surface area contributed by atoms with Gasteiger partial charge in [0.2, 0.25) is 5.95 Å². The summed E-state index contributed by atoms with van der Waals surface area (Å²) in [6.07, 6.45) is 0. The van der Waals surface area contributed by atoms with Crippen LogP contribution < -0.4 is 10.1 Å². The molecule has 3 rings (SSSR count). The lowest BCUT2D eigenvalue weighted by molar-refractivity contribution is 0.303. The number of nitrogens with one attached hydrogen (secondary N) is 1. The van der Waals surface area contributed by atoms with Gasteiger partial charge in [-0.05, 0) is 22.6 Å². The smallest absolute Gasteiger partial charge is 0.242 e. The molecule has 1 N–H and O–H groups in total. The maximum atomic E-state index is 6.16. The van der Waals surface area contributed by atoms with Crippen molar-refractivity contribution in [1.82, 2.24) is 20.2 Å². The van der Waals surface area contributed by atoms with Crippen LogP contribution >= 0.6 is 11.6 Å². The summed E-state index contributed by atoms with van der Waals surface area (Å²) >= 11 is 6.16. The monoisotopic (exact) mass is 329 g/mol. The number of hydrogen-bond donors (Lipinski definition) is 1. The van der Waals surface area contributed by atoms with E-state index < -0.39 is 0 Å². The average Bonchev–Trinajstić information content (AvgIpc) is 2.98. The second-order valence-electron chi connectivity index (χ2n) is 4.97. The number of aromatic nitrogens is 4. The lowest BCUT2D eigenvalue weighted by atomic mass is 10.2. The van der Waals surface area contributed by atoms with Crippen molar-refractivity contribution in [2.24, 2.45) is 7.05 Å². The van der Waals surface area contributed by atoms with E-state index in [-0.39, 0.29) is 0 Å². The van der Waals surface area contributed by atoms with Crippen molar-refractivity contribution in [3.05, 3.63) is 64.7 Å². The second kappa shape index (κ2) is 7.11. The summed E-state index contributed by atoms with van der Waals surface area (Å²) in [5, 5.41) is 15.2. The van der Waals surface area contributed by atoms with Gasteiger partial charge in [0.05, 0.1) is 0 Å². The molecule has 1 heterocycles. The zero-order valence-electron chi connectivity index (χ0n) is 12.6. The molecule has 0 aliphatic carbocycles. The Kier molecular flexibility index (Phi) is 4.73. The first-order valence-electron chi connectivity index (χ1n) is 7.14. The van der Waals surface area contributed by atoms with Crippen LogP contribution in [0.15, 0.2) is 48.5 Å². The van der Waals surface area contributed by atoms with Gasteiger partial charge in [-0.2, -0.15) is 0 Å². The van der Waals surface area contributed by atoms with Crippen LogP contribution in [-0.2, 0) is 20.2 Å². The molecule has 0 saturated carbocycles. The zero-order chi connectivity index (χ0) is 16.1. The molecule has 23 heavy (non-hydrogen) atoms. The fourth-order valence-electron chi connectivity index (χ4n) is 2.12. The largest absolute Gasteiger partial charge is 0.488 e. The topological polar surface area (TPSA) is 64.9 Å². The Morgan fingerprint density at radius 3 is 2.57 bits per heavy atom. The highest BCUT2D eigenvalue weighted by Gasteiger charge is 2.07. The molecule has 0 bridgehead atoms. The minimum absolute atomic E-state index is 0.419. The second-order valence-corrected chi connectivity index (χ2v) is 5.37. The predicted molar refractivity (Wildman–Crippen MR) is 88.4 cm³/mol. The summed E-state index contributed by atoms with van der Waals surface area (Å²) in [6.45, 7) is 0.981. The van der Waals surface area contributed by atoms with Gasteiger partial charge >= 0.3 is 0 Å². The number of nitrogens with zero attached hydrogens (tertiary/aromatic N) is 4. The Labute approximate surface area is 139 Å². The number of anilines is 1. The molecule has 0 amide bonds. The molecule has 0 spiro atoms. The standard InChI is InChI=1S/C16H16ClN5O/c1-22-16(19-20-21-22)18-10-12-6-3-5-9-15(12)23-11-13-7-2-4-8-14(13)17/h2-9H,10-11H2,1H3,(H,18,19,21). The number of tetrazole rings is 1. The highest BCUT2D eigenvalue weighted by Crippen LogP contribution is 2.22. The molecule has 118 valence electrons. The highest BCUT2D eigenvalue weighted by molar-refractivity contribution is 6.31. The van der Waals surface area contributed by atoms with Crippen molar-refractivity contribution in [3.63, 3.8) is 0 Å². The zero-order valence-corrected chi connectivity index (χ0v) is 13.4. The highest BCUT2D eigenvalue weighted by atomic mass is 35.5. The van der Waals surface area contributed by atoms with E-state index in [1.54, 1.807) is 11.7 Å². The molecule has 0 aliphatic heterocycles. The molecule has 0 unspecified atom stereocenters. The summed E-state index contributed by atoms with van der Waals surface area (Å²) in [7, 11) is 1.78. The maximum absolute atomic E-state index is 6.16. The minimum Gasteiger partial charge on any atom is -0.488 e. The fraction of sp³-hybridized carbons (Fsp3) is 0.188. The summed E-state index contributed by atoms with van der Waals surface area (Å²) in [4.78, 5) is 0. The van der Waals surface area contributed by atoms with Gasteiger partial charge in [0.25, 0.3) is 0 Å². The normalized spacial score (nSPS) is 10.5. The molecule has 1 aromatic heterocycles. The van der Waals surface area contributed by atoms with Gasteiger partial charge < -0.3 is 10.1 Å². The molecule has 2 aromatic carbocycles. The lowest BCUT2D eigenvalue weighted by Gasteiger charge is -2.12. The van der Waals surface area contributed by atoms with Crippen LogP contribution in [0.5, 0.6) is 5.75 Å². The fourth-order valence-corrected chi connectivity index (χ4v) is 2.31. The quantitative estimate of drug-likeness (QED) is 0.753. The van der Waals surface area contributed by atoms with Crippen molar-refractivity contribution < 1.29 is 4.74 Å². The van der Waals surface area contributed by atoms with E-state index in [9.17, 15) is 0 Å². The Morgan fingerprint density at radius 1 is 1.09 bits per heavy atom. The molecule has 0 aliphatic rings. The number of hydrogen-bond acceptors (Lipinski definition) is 5. The molecule has 3 aromatic rings. The molecule has 0 atom stereocenters. The van der Waals surface area contributed by atoms with Crippen LogP contribution in [0.25, 0.3) is 0 Å². The SMILES string of the molecule is Cn1nnnc1NCc1ccccc1OCc1ccccc1Cl. The number of para-hydroxylation sites is 1. The van der Waals surface area contributed by atoms with E-state index in [4.69, 9.17) is 16.3 Å². The van der Waals surface area contributed by atoms with Gasteiger partial charge in [0, 0.05) is 29.7 Å². The van der Waals surface area contributed by atoms with Gasteiger partial charge in [-0.15, -0.1) is 0 Å². The number of halogens is 1. The van der Waals surface area contributed by atoms with Crippen LogP contribution in [0.4, 0.5) is 5.95 Å². The first-order chi connectivity index (χ1) is 11.2. The summed E-state index contributed by atoms with van der Waals surface area (Å²) in [5.41, 5.74) is 1.97. The van der Waals surface area contributed by atoms with Crippen LogP contribution in [-0.4, -0.2) is 20.2 Å². The van der Waals surface area contributed by atoms with E-state index in [0.717, 1.165) is 16.9 Å². The predicted octanol–water partition coefficient (Wildman–Crippen LogP) is 3.05. The third kappa shape index (κ3) is 3.78. The Morgan fingerprint density at radius 2 is 1.83 bits per heavy atom. The maximum Gasteiger partial charge on any atom is 0.242 e. The number of aryl methyl sites for hydroxylation is 1. The molecule has 0 fully saturated rings. The van der Waals surface area contributed by atoms with Crippen molar-refractivity contribution in [3.8, 4) is 5.75 Å². The van der Waals surface area contributed by atoms with Gasteiger partial charge in [0.1, 0.15) is 12.4 Å². The Bertz CT molecular complexity index is 789. The molecule has 6 nitrogen and oxygen atoms in total. The van der Waals surface area contributed by atoms with E-state index in [1.165, 1.54) is 0 Å². The van der Waals surface area contributed by atoms with E-state index in [1.807, 2.05) is 48.5 Å². The first-order valence-corrected chi connectivity index (χ1v) is 7.52. The summed E-state index contributed by atoms with van der Waals surface area (Å²) < 4.78 is 7.50. The third-order valence-corrected chi connectivity index (χ3v) is 3.74. The van der Waals surface area contributed by atoms with Gasteiger partial charge in [-0.25, -0.2) is 4.68 Å². The Hall–Kier alpha value is -2.60. The van der Waals surface area contributed by atoms with E-state index >= 15 is 0 Å². The summed E-state index contributed by atoms with van der Waals surface area (Å²) in [6, 6.07) is 15.5. The molecular formula is C16H16ClN5O. The molecule has 7 heteroatoms. The molecule has 0 saturated heterocycles. The summed E-state index contributed by atoms with van der Waals surface area (Å²) in [5.74, 6) is 1.40. The lowest BCUT2D eigenvalue weighted by Crippen LogP contribution is -2.07. The van der Waals surface area contributed by atoms with Crippen LogP contribution in [0, 0.1) is 0 Å². The van der Waals surface area contributed by atoms with E-state index in [2.05, 4.69) is 20.8 Å². The van der Waals surface area contributed by atoms with E-state index in [0.29, 0.717) is 24.1 Å². The van der Waals surface area contributed by atoms with Gasteiger partial charge in [-0.1, -0.05) is 53.1 Å². The van der Waals surface area contributed by atoms with Gasteiger partial charge in [0.15, 0.2) is 0 Å². The van der Waals surface area contributed by atoms with Gasteiger partial charge in [-0.3, -0.25) is 0 Å². The van der Waals surface area contributed by atoms with Crippen LogP contribution in [0.3, 0.4) is 0 Å². The van der Waals surface area contributed by atoms with Crippen molar-refractivity contribution in [2.45, 2.75) is 13.2 Å². The van der Waals surface area contributed by atoms with Crippen LogP contribution in [0.1, 0.15) is 11.1 Å². The van der Waals surface area contributed by atoms with Crippen molar-refractivity contribution in [1.29, 1.82) is 0 Å².